The molecule has 0 radical (unpaired) electrons. The number of carbonyl (C=O) groups is 2. The summed E-state index contributed by atoms with van der Waals surface area (Å²) in [5.41, 5.74) is 2.17. The molecule has 6 nitrogen and oxygen atoms in total. The monoisotopic (exact) mass is 429 g/mol. The second-order valence-corrected chi connectivity index (χ2v) is 8.59. The van der Waals surface area contributed by atoms with Crippen LogP contribution >= 0.6 is 0 Å². The molecule has 2 aromatic rings. The van der Waals surface area contributed by atoms with Crippen molar-refractivity contribution in [1.82, 2.24) is 4.90 Å². The fourth-order valence-corrected chi connectivity index (χ4v) is 3.51. The maximum Gasteiger partial charge on any atom is 0.411 e. The van der Waals surface area contributed by atoms with Crippen LogP contribution in [0.1, 0.15) is 49.1 Å². The lowest BCUT2D eigenvalue weighted by Crippen LogP contribution is -2.46. The van der Waals surface area contributed by atoms with Gasteiger partial charge in [-0.2, -0.15) is 0 Å². The lowest BCUT2D eigenvalue weighted by molar-refractivity contribution is -0.147. The zero-order valence-corrected chi connectivity index (χ0v) is 18.5. The van der Waals surface area contributed by atoms with Crippen molar-refractivity contribution < 1.29 is 28.2 Å². The summed E-state index contributed by atoms with van der Waals surface area (Å²) in [6, 6.07) is 9.39. The highest BCUT2D eigenvalue weighted by Gasteiger charge is 2.39. The third kappa shape index (κ3) is 5.34. The van der Waals surface area contributed by atoms with E-state index in [1.165, 1.54) is 18.1 Å². The zero-order valence-electron chi connectivity index (χ0n) is 18.5. The van der Waals surface area contributed by atoms with E-state index in [0.29, 0.717) is 29.8 Å². The molecule has 1 heterocycles. The normalized spacial score (nSPS) is 15.8. The third-order valence-electron chi connectivity index (χ3n) is 5.00. The summed E-state index contributed by atoms with van der Waals surface area (Å²) in [6.45, 7) is 7.55. The summed E-state index contributed by atoms with van der Waals surface area (Å²) in [5, 5.41) is 0. The van der Waals surface area contributed by atoms with Crippen LogP contribution in [0.4, 0.5) is 9.18 Å². The van der Waals surface area contributed by atoms with Gasteiger partial charge in [0.05, 0.1) is 7.11 Å². The predicted molar refractivity (Wildman–Crippen MR) is 113 cm³/mol. The largest absolute Gasteiger partial charge is 0.489 e. The molecular formula is C24H28FNO5. The van der Waals surface area contributed by atoms with Gasteiger partial charge in [-0.15, -0.1) is 0 Å². The fraction of sp³-hybridized carbons (Fsp3) is 0.417. The number of esters is 1. The number of carbonyl (C=O) groups excluding carboxylic acids is 2. The van der Waals surface area contributed by atoms with Crippen molar-refractivity contribution in [2.75, 3.05) is 13.7 Å². The number of aryl methyl sites for hydroxylation is 1. The SMILES string of the molecule is COC(=O)[C@H]1c2ccc(OCc3ccc(C)cc3F)cc2CCN1C(=O)OC(C)(C)C. The molecule has 0 bridgehead atoms. The molecule has 0 saturated heterocycles. The first-order valence-electron chi connectivity index (χ1n) is 10.2. The lowest BCUT2D eigenvalue weighted by Gasteiger charge is -2.36. The molecular weight excluding hydrogens is 401 g/mol. The molecule has 1 amide bonds. The fourth-order valence-electron chi connectivity index (χ4n) is 3.51. The number of methoxy groups -OCH3 is 1. The molecule has 1 aliphatic rings. The molecule has 0 spiro atoms. The Kier molecular flexibility index (Phi) is 6.53. The first-order valence-corrected chi connectivity index (χ1v) is 10.2. The van der Waals surface area contributed by atoms with Gasteiger partial charge in [0.1, 0.15) is 23.8 Å². The molecule has 3 rings (SSSR count). The molecule has 7 heteroatoms. The molecule has 0 aliphatic carbocycles. The van der Waals surface area contributed by atoms with E-state index in [2.05, 4.69) is 0 Å². The van der Waals surface area contributed by atoms with Crippen molar-refractivity contribution >= 4 is 12.1 Å². The van der Waals surface area contributed by atoms with Gasteiger partial charge in [-0.3, -0.25) is 4.90 Å². The van der Waals surface area contributed by atoms with Crippen molar-refractivity contribution in [3.05, 3.63) is 64.5 Å². The van der Waals surface area contributed by atoms with Crippen LogP contribution in [-0.4, -0.2) is 36.2 Å². The van der Waals surface area contributed by atoms with Crippen molar-refractivity contribution in [3.63, 3.8) is 0 Å². The van der Waals surface area contributed by atoms with Gasteiger partial charge in [-0.1, -0.05) is 18.2 Å². The summed E-state index contributed by atoms with van der Waals surface area (Å²) in [5.74, 6) is -0.285. The number of hydrogen-bond donors (Lipinski definition) is 0. The molecule has 0 fully saturated rings. The topological polar surface area (TPSA) is 65.1 Å². The average molecular weight is 429 g/mol. The van der Waals surface area contributed by atoms with Crippen LogP contribution in [0, 0.1) is 12.7 Å². The number of halogens is 1. The van der Waals surface area contributed by atoms with Gasteiger partial charge >= 0.3 is 12.1 Å². The van der Waals surface area contributed by atoms with Gasteiger partial charge in [0.15, 0.2) is 6.04 Å². The van der Waals surface area contributed by atoms with Crippen LogP contribution in [0.5, 0.6) is 5.75 Å². The summed E-state index contributed by atoms with van der Waals surface area (Å²) >= 11 is 0. The molecule has 0 saturated carbocycles. The molecule has 0 unspecified atom stereocenters. The Labute approximate surface area is 181 Å². The van der Waals surface area contributed by atoms with Gasteiger partial charge in [-0.25, -0.2) is 14.0 Å². The van der Waals surface area contributed by atoms with Crippen LogP contribution in [-0.2, 0) is 27.3 Å². The highest BCUT2D eigenvalue weighted by atomic mass is 19.1. The maximum absolute atomic E-state index is 14.1. The Hall–Kier alpha value is -3.09. The molecule has 166 valence electrons. The maximum atomic E-state index is 14.1. The summed E-state index contributed by atoms with van der Waals surface area (Å²) < 4.78 is 30.3. The van der Waals surface area contributed by atoms with E-state index in [9.17, 15) is 14.0 Å². The number of nitrogens with zero attached hydrogens (tertiary/aromatic N) is 1. The van der Waals surface area contributed by atoms with Gasteiger partial charge in [-0.05, 0) is 69.0 Å². The van der Waals surface area contributed by atoms with Gasteiger partial charge in [0.2, 0.25) is 0 Å². The molecule has 1 atom stereocenters. The van der Waals surface area contributed by atoms with Crippen LogP contribution in [0.25, 0.3) is 0 Å². The molecule has 31 heavy (non-hydrogen) atoms. The number of benzene rings is 2. The summed E-state index contributed by atoms with van der Waals surface area (Å²) in [7, 11) is 1.29. The van der Waals surface area contributed by atoms with Crippen LogP contribution in [0.15, 0.2) is 36.4 Å². The first-order chi connectivity index (χ1) is 14.6. The van der Waals surface area contributed by atoms with Gasteiger partial charge in [0.25, 0.3) is 0 Å². The minimum Gasteiger partial charge on any atom is -0.489 e. The number of hydrogen-bond acceptors (Lipinski definition) is 5. The van der Waals surface area contributed by atoms with Crippen molar-refractivity contribution in [2.24, 2.45) is 0 Å². The Balaban J connectivity index is 1.82. The smallest absolute Gasteiger partial charge is 0.411 e. The number of amides is 1. The molecule has 2 aromatic carbocycles. The number of ether oxygens (including phenoxy) is 3. The van der Waals surface area contributed by atoms with E-state index in [-0.39, 0.29) is 12.4 Å². The highest BCUT2D eigenvalue weighted by Crippen LogP contribution is 2.34. The Morgan fingerprint density at radius 3 is 2.55 bits per heavy atom. The minimum atomic E-state index is -0.896. The number of fused-ring (bicyclic) bond motifs is 1. The quantitative estimate of drug-likeness (QED) is 0.658. The number of rotatable bonds is 4. The standard InChI is InChI=1S/C24H28FNO5/c1-15-6-7-17(20(25)12-15)14-30-18-8-9-19-16(13-18)10-11-26(21(19)22(27)29-5)23(28)31-24(2,3)4/h6-9,12-13,21H,10-11,14H2,1-5H3/t21-/m1/s1. The minimum absolute atomic E-state index is 0.0926. The molecule has 1 aliphatic heterocycles. The van der Waals surface area contributed by atoms with E-state index in [1.54, 1.807) is 39.0 Å². The summed E-state index contributed by atoms with van der Waals surface area (Å²) in [6.07, 6.45) is -0.0400. The van der Waals surface area contributed by atoms with E-state index in [1.807, 2.05) is 19.1 Å². The lowest BCUT2D eigenvalue weighted by atomic mass is 9.92. The molecule has 0 aromatic heterocycles. The second-order valence-electron chi connectivity index (χ2n) is 8.59. The second kappa shape index (κ2) is 8.96. The Morgan fingerprint density at radius 2 is 1.90 bits per heavy atom. The summed E-state index contributed by atoms with van der Waals surface area (Å²) in [4.78, 5) is 26.6. The van der Waals surface area contributed by atoms with Crippen molar-refractivity contribution in [3.8, 4) is 5.75 Å². The Bertz CT molecular complexity index is 982. The third-order valence-corrected chi connectivity index (χ3v) is 5.00. The zero-order chi connectivity index (χ0) is 22.8. The van der Waals surface area contributed by atoms with E-state index < -0.39 is 23.7 Å². The van der Waals surface area contributed by atoms with Crippen LogP contribution in [0.2, 0.25) is 0 Å². The first kappa shape index (κ1) is 22.6. The van der Waals surface area contributed by atoms with Gasteiger partial charge < -0.3 is 14.2 Å². The van der Waals surface area contributed by atoms with Crippen molar-refractivity contribution in [1.29, 1.82) is 0 Å². The Morgan fingerprint density at radius 1 is 1.16 bits per heavy atom. The van der Waals surface area contributed by atoms with E-state index in [4.69, 9.17) is 14.2 Å². The van der Waals surface area contributed by atoms with E-state index >= 15 is 0 Å². The van der Waals surface area contributed by atoms with Crippen LogP contribution in [0.3, 0.4) is 0 Å². The van der Waals surface area contributed by atoms with E-state index in [0.717, 1.165) is 11.1 Å². The van der Waals surface area contributed by atoms with Gasteiger partial charge in [0, 0.05) is 12.1 Å². The van der Waals surface area contributed by atoms with Crippen LogP contribution < -0.4 is 4.74 Å². The highest BCUT2D eigenvalue weighted by molar-refractivity contribution is 5.84. The molecule has 0 N–H and O–H groups in total. The van der Waals surface area contributed by atoms with Crippen molar-refractivity contribution in [2.45, 2.75) is 52.4 Å². The predicted octanol–water partition coefficient (Wildman–Crippen LogP) is 4.72. The average Bonchev–Trinajstić information content (AvgIpc) is 2.70.